The Bertz CT molecular complexity index is 216. The van der Waals surface area contributed by atoms with Gasteiger partial charge in [0.1, 0.15) is 0 Å². The maximum Gasteiger partial charge on any atom is 0.0381 e. The van der Waals surface area contributed by atoms with Gasteiger partial charge in [-0.1, -0.05) is 32.6 Å². The molecule has 2 rings (SSSR count). The molecule has 54 valence electrons. The van der Waals surface area contributed by atoms with E-state index in [9.17, 15) is 0 Å². The van der Waals surface area contributed by atoms with Crippen LogP contribution in [0, 0.1) is 35.0 Å². The standard InChI is InChI=1S/C10H14/c1-7(2)10-5-4-8(3)9(10)6-10/h7-9H,6H2,1-3H3. The van der Waals surface area contributed by atoms with Crippen molar-refractivity contribution in [3.05, 3.63) is 0 Å². The van der Waals surface area contributed by atoms with Crippen LogP contribution in [-0.2, 0) is 0 Å². The smallest absolute Gasteiger partial charge is 0.0381 e. The highest BCUT2D eigenvalue weighted by Crippen LogP contribution is 2.63. The third-order valence-corrected chi connectivity index (χ3v) is 3.23. The SMILES string of the molecule is CC1C#CC2(C(C)C)CC12. The first-order chi connectivity index (χ1) is 4.67. The second kappa shape index (κ2) is 1.59. The maximum atomic E-state index is 3.41. The predicted molar refractivity (Wildman–Crippen MR) is 42.3 cm³/mol. The summed E-state index contributed by atoms with van der Waals surface area (Å²) in [5, 5.41) is 0. The molecule has 0 nitrogen and oxygen atoms in total. The lowest BCUT2D eigenvalue weighted by molar-refractivity contribution is 0.410. The first-order valence-corrected chi connectivity index (χ1v) is 4.19. The fourth-order valence-electron chi connectivity index (χ4n) is 2.23. The molecule has 0 radical (unpaired) electrons. The molecular formula is C10H14. The molecule has 2 aliphatic rings. The van der Waals surface area contributed by atoms with E-state index in [0.717, 1.165) is 11.8 Å². The quantitative estimate of drug-likeness (QED) is 0.483. The number of hydrogen-bond donors (Lipinski definition) is 0. The molecule has 0 amide bonds. The van der Waals surface area contributed by atoms with Gasteiger partial charge in [0.2, 0.25) is 0 Å². The van der Waals surface area contributed by atoms with Gasteiger partial charge in [0.15, 0.2) is 0 Å². The molecule has 0 aromatic heterocycles. The Morgan fingerprint density at radius 2 is 2.20 bits per heavy atom. The summed E-state index contributed by atoms with van der Waals surface area (Å²) in [4.78, 5) is 0. The van der Waals surface area contributed by atoms with Crippen molar-refractivity contribution in [3.63, 3.8) is 0 Å². The van der Waals surface area contributed by atoms with Crippen molar-refractivity contribution in [2.24, 2.45) is 23.2 Å². The molecule has 1 fully saturated rings. The van der Waals surface area contributed by atoms with Crippen LogP contribution >= 0.6 is 0 Å². The van der Waals surface area contributed by atoms with Gasteiger partial charge >= 0.3 is 0 Å². The molecule has 3 atom stereocenters. The summed E-state index contributed by atoms with van der Waals surface area (Å²) in [5.41, 5.74) is 0.472. The minimum absolute atomic E-state index is 0.472. The van der Waals surface area contributed by atoms with Gasteiger partial charge in [-0.25, -0.2) is 0 Å². The minimum atomic E-state index is 0.472. The van der Waals surface area contributed by atoms with Gasteiger partial charge in [0.05, 0.1) is 0 Å². The van der Waals surface area contributed by atoms with Crippen LogP contribution in [0.4, 0.5) is 0 Å². The third kappa shape index (κ3) is 0.539. The molecule has 0 N–H and O–H groups in total. The van der Waals surface area contributed by atoms with E-state index >= 15 is 0 Å². The van der Waals surface area contributed by atoms with E-state index < -0.39 is 0 Å². The zero-order chi connectivity index (χ0) is 7.35. The molecule has 0 spiro atoms. The Kier molecular flexibility index (Phi) is 0.997. The normalized spacial score (nSPS) is 48.4. The van der Waals surface area contributed by atoms with Gasteiger partial charge in [-0.2, -0.15) is 0 Å². The molecule has 1 saturated carbocycles. The molecule has 0 aliphatic heterocycles. The lowest BCUT2D eigenvalue weighted by Crippen LogP contribution is -2.08. The first-order valence-electron chi connectivity index (χ1n) is 4.19. The highest BCUT2D eigenvalue weighted by Gasteiger charge is 2.59. The molecular weight excluding hydrogens is 120 g/mol. The Balaban J connectivity index is 2.22. The summed E-state index contributed by atoms with van der Waals surface area (Å²) in [6.07, 6.45) is 1.37. The second-order valence-electron chi connectivity index (χ2n) is 4.06. The lowest BCUT2D eigenvalue weighted by atomic mass is 9.91. The van der Waals surface area contributed by atoms with Crippen molar-refractivity contribution in [2.45, 2.75) is 27.2 Å². The first kappa shape index (κ1) is 6.28. The van der Waals surface area contributed by atoms with Crippen molar-refractivity contribution in [3.8, 4) is 11.8 Å². The van der Waals surface area contributed by atoms with E-state index in [-0.39, 0.29) is 0 Å². The molecule has 0 heteroatoms. The van der Waals surface area contributed by atoms with E-state index in [0.29, 0.717) is 11.3 Å². The van der Waals surface area contributed by atoms with Gasteiger partial charge in [-0.15, -0.1) is 0 Å². The average Bonchev–Trinajstić information content (AvgIpc) is 2.52. The van der Waals surface area contributed by atoms with Crippen LogP contribution in [0.2, 0.25) is 0 Å². The largest absolute Gasteiger partial charge is 0.0992 e. The number of rotatable bonds is 1. The van der Waals surface area contributed by atoms with E-state index in [1.54, 1.807) is 0 Å². The van der Waals surface area contributed by atoms with E-state index in [4.69, 9.17) is 0 Å². The van der Waals surface area contributed by atoms with Crippen molar-refractivity contribution in [2.75, 3.05) is 0 Å². The Labute approximate surface area is 63.0 Å². The van der Waals surface area contributed by atoms with E-state index in [1.807, 2.05) is 0 Å². The number of fused-ring (bicyclic) bond motifs is 1. The molecule has 0 heterocycles. The van der Waals surface area contributed by atoms with Gasteiger partial charge in [-0.05, 0) is 18.3 Å². The van der Waals surface area contributed by atoms with Crippen LogP contribution in [0.3, 0.4) is 0 Å². The van der Waals surface area contributed by atoms with Gasteiger partial charge in [-0.3, -0.25) is 0 Å². The van der Waals surface area contributed by atoms with Crippen molar-refractivity contribution >= 4 is 0 Å². The molecule has 2 aliphatic carbocycles. The topological polar surface area (TPSA) is 0 Å². The van der Waals surface area contributed by atoms with Gasteiger partial charge in [0, 0.05) is 11.3 Å². The fraction of sp³-hybridized carbons (Fsp3) is 0.800. The van der Waals surface area contributed by atoms with Crippen molar-refractivity contribution in [1.82, 2.24) is 0 Å². The summed E-state index contributed by atoms with van der Waals surface area (Å²) in [6.45, 7) is 6.86. The van der Waals surface area contributed by atoms with Crippen LogP contribution in [0.15, 0.2) is 0 Å². The van der Waals surface area contributed by atoms with E-state index in [1.165, 1.54) is 6.42 Å². The molecule has 0 aromatic rings. The average molecular weight is 134 g/mol. The summed E-state index contributed by atoms with van der Waals surface area (Å²) < 4.78 is 0. The predicted octanol–water partition coefficient (Wildman–Crippen LogP) is 2.30. The summed E-state index contributed by atoms with van der Waals surface area (Å²) >= 11 is 0. The zero-order valence-corrected chi connectivity index (χ0v) is 6.94. The Morgan fingerprint density at radius 3 is 2.40 bits per heavy atom. The van der Waals surface area contributed by atoms with Gasteiger partial charge < -0.3 is 0 Å². The summed E-state index contributed by atoms with van der Waals surface area (Å²) in [6, 6.07) is 0. The second-order valence-corrected chi connectivity index (χ2v) is 4.06. The number of hydrogen-bond acceptors (Lipinski definition) is 0. The van der Waals surface area contributed by atoms with Crippen molar-refractivity contribution < 1.29 is 0 Å². The maximum absolute atomic E-state index is 3.41. The van der Waals surface area contributed by atoms with Crippen molar-refractivity contribution in [1.29, 1.82) is 0 Å². The minimum Gasteiger partial charge on any atom is -0.0992 e. The fourth-order valence-corrected chi connectivity index (χ4v) is 2.23. The summed E-state index contributed by atoms with van der Waals surface area (Å²) in [5.74, 6) is 9.05. The van der Waals surface area contributed by atoms with Crippen LogP contribution in [0.25, 0.3) is 0 Å². The highest BCUT2D eigenvalue weighted by molar-refractivity contribution is 5.34. The molecule has 0 aromatic carbocycles. The molecule has 0 saturated heterocycles. The highest BCUT2D eigenvalue weighted by atomic mass is 14.6. The van der Waals surface area contributed by atoms with Crippen LogP contribution in [-0.4, -0.2) is 0 Å². The van der Waals surface area contributed by atoms with Crippen LogP contribution in [0.5, 0.6) is 0 Å². The van der Waals surface area contributed by atoms with E-state index in [2.05, 4.69) is 32.6 Å². The van der Waals surface area contributed by atoms with Crippen LogP contribution in [0.1, 0.15) is 27.2 Å². The summed E-state index contributed by atoms with van der Waals surface area (Å²) in [7, 11) is 0. The lowest BCUT2D eigenvalue weighted by Gasteiger charge is -2.11. The Hall–Kier alpha value is -0.440. The molecule has 0 bridgehead atoms. The Morgan fingerprint density at radius 1 is 1.50 bits per heavy atom. The molecule has 10 heavy (non-hydrogen) atoms. The zero-order valence-electron chi connectivity index (χ0n) is 6.94. The monoisotopic (exact) mass is 134 g/mol. The van der Waals surface area contributed by atoms with Crippen LogP contribution < -0.4 is 0 Å². The van der Waals surface area contributed by atoms with Gasteiger partial charge in [0.25, 0.3) is 0 Å². The molecule has 3 unspecified atom stereocenters. The third-order valence-electron chi connectivity index (χ3n) is 3.23.